The molecule has 0 saturated carbocycles. The van der Waals surface area contributed by atoms with Crippen LogP contribution >= 0.6 is 12.4 Å². The van der Waals surface area contributed by atoms with Crippen LogP contribution in [0, 0.1) is 0 Å². The molecule has 154 valence electrons. The lowest BCUT2D eigenvalue weighted by Gasteiger charge is -2.27. The van der Waals surface area contributed by atoms with Crippen LogP contribution in [0.25, 0.3) is 0 Å². The van der Waals surface area contributed by atoms with E-state index in [2.05, 4.69) is 10.0 Å². The number of carbonyl (C=O) groups is 1. The fourth-order valence-corrected chi connectivity index (χ4v) is 3.15. The number of amides is 1. The van der Waals surface area contributed by atoms with Gasteiger partial charge in [0.15, 0.2) is 6.61 Å². The Balaban J connectivity index is 0.00000240. The van der Waals surface area contributed by atoms with Gasteiger partial charge in [-0.1, -0.05) is 30.3 Å². The number of anilines is 1. The van der Waals surface area contributed by atoms with Crippen molar-refractivity contribution >= 4 is 29.9 Å². The van der Waals surface area contributed by atoms with Crippen LogP contribution in [0.3, 0.4) is 0 Å². The normalized spacial score (nSPS) is 17.2. The third kappa shape index (κ3) is 5.26. The largest absolute Gasteiger partial charge is 0.491 e. The highest BCUT2D eigenvalue weighted by Crippen LogP contribution is 2.24. The number of carbonyl (C=O) groups excluding carboxylic acids is 1. The summed E-state index contributed by atoms with van der Waals surface area (Å²) in [4.78, 5) is 14.6. The monoisotopic (exact) mass is 417 g/mol. The minimum atomic E-state index is -0.208. The third-order valence-corrected chi connectivity index (χ3v) is 4.65. The minimum Gasteiger partial charge on any atom is -0.491 e. The Morgan fingerprint density at radius 2 is 1.72 bits per heavy atom. The molecule has 2 heterocycles. The van der Waals surface area contributed by atoms with Gasteiger partial charge in [-0.25, -0.2) is 0 Å². The van der Waals surface area contributed by atoms with Gasteiger partial charge in [0.05, 0.1) is 24.5 Å². The Morgan fingerprint density at radius 3 is 2.52 bits per heavy atom. The molecule has 2 aliphatic heterocycles. The summed E-state index contributed by atoms with van der Waals surface area (Å²) in [5.41, 5.74) is 1.44. The number of hydrogen-bond donors (Lipinski definition) is 0. The second-order valence-corrected chi connectivity index (χ2v) is 6.53. The number of hydrazone groups is 1. The van der Waals surface area contributed by atoms with Gasteiger partial charge in [0, 0.05) is 19.6 Å². The first-order valence-corrected chi connectivity index (χ1v) is 9.43. The maximum Gasteiger partial charge on any atom is 0.285 e. The molecule has 7 nitrogen and oxygen atoms in total. The van der Waals surface area contributed by atoms with Crippen molar-refractivity contribution in [2.75, 3.05) is 51.1 Å². The highest BCUT2D eigenvalue weighted by Gasteiger charge is 2.25. The Morgan fingerprint density at radius 1 is 1.00 bits per heavy atom. The average Bonchev–Trinajstić information content (AvgIpc) is 2.76. The summed E-state index contributed by atoms with van der Waals surface area (Å²) >= 11 is 0. The summed E-state index contributed by atoms with van der Waals surface area (Å²) in [6, 6.07) is 16.9. The number of rotatable bonds is 6. The summed E-state index contributed by atoms with van der Waals surface area (Å²) in [7, 11) is 0. The van der Waals surface area contributed by atoms with E-state index < -0.39 is 0 Å². The molecule has 8 heteroatoms. The predicted octanol–water partition coefficient (Wildman–Crippen LogP) is 2.54. The highest BCUT2D eigenvalue weighted by molar-refractivity contribution is 6.05. The first-order chi connectivity index (χ1) is 13.8. The maximum atomic E-state index is 12.3. The van der Waals surface area contributed by atoms with Crippen LogP contribution in [-0.2, 0) is 14.3 Å². The molecule has 0 bridgehead atoms. The van der Waals surface area contributed by atoms with Crippen molar-refractivity contribution in [1.29, 1.82) is 0 Å². The van der Waals surface area contributed by atoms with Gasteiger partial charge < -0.3 is 14.2 Å². The maximum absolute atomic E-state index is 12.3. The molecule has 4 rings (SSSR count). The van der Waals surface area contributed by atoms with Crippen molar-refractivity contribution in [3.63, 3.8) is 0 Å². The summed E-state index contributed by atoms with van der Waals surface area (Å²) < 4.78 is 17.0. The van der Waals surface area contributed by atoms with Gasteiger partial charge in [0.25, 0.3) is 5.91 Å². The molecule has 0 aliphatic carbocycles. The molecule has 0 N–H and O–H groups in total. The van der Waals surface area contributed by atoms with Crippen molar-refractivity contribution in [1.82, 2.24) is 4.90 Å². The van der Waals surface area contributed by atoms with Crippen molar-refractivity contribution in [3.05, 3.63) is 60.2 Å². The lowest BCUT2D eigenvalue weighted by Crippen LogP contribution is -2.39. The first-order valence-electron chi connectivity index (χ1n) is 9.43. The van der Waals surface area contributed by atoms with E-state index in [1.807, 2.05) is 54.6 Å². The van der Waals surface area contributed by atoms with Gasteiger partial charge in [-0.05, 0) is 24.3 Å². The lowest BCUT2D eigenvalue weighted by atomic mass is 10.2. The SMILES string of the molecule is Cl.O=C1COC(c2ccccc2OCCN2CCOCC2)=NN1c1ccccc1. The molecule has 2 aliphatic rings. The number of halogens is 1. The van der Waals surface area contributed by atoms with Crippen LogP contribution in [0.5, 0.6) is 5.75 Å². The molecular weight excluding hydrogens is 394 g/mol. The van der Waals surface area contributed by atoms with Crippen LogP contribution < -0.4 is 9.75 Å². The first kappa shape index (κ1) is 21.1. The average molecular weight is 418 g/mol. The molecule has 2 aromatic carbocycles. The Bertz CT molecular complexity index is 841. The minimum absolute atomic E-state index is 0. The smallest absolute Gasteiger partial charge is 0.285 e. The number of para-hydroxylation sites is 2. The lowest BCUT2D eigenvalue weighted by molar-refractivity contribution is -0.121. The van der Waals surface area contributed by atoms with E-state index >= 15 is 0 Å². The molecule has 0 atom stereocenters. The van der Waals surface area contributed by atoms with Crippen molar-refractivity contribution in [2.24, 2.45) is 5.10 Å². The van der Waals surface area contributed by atoms with E-state index in [-0.39, 0.29) is 24.9 Å². The van der Waals surface area contributed by atoms with Crippen molar-refractivity contribution in [3.8, 4) is 5.75 Å². The van der Waals surface area contributed by atoms with Gasteiger partial charge in [-0.3, -0.25) is 9.69 Å². The zero-order valence-electron chi connectivity index (χ0n) is 16.0. The van der Waals surface area contributed by atoms with E-state index in [0.29, 0.717) is 23.9 Å². The van der Waals surface area contributed by atoms with Gasteiger partial charge in [-0.15, -0.1) is 17.5 Å². The molecule has 1 fully saturated rings. The highest BCUT2D eigenvalue weighted by atomic mass is 35.5. The summed E-state index contributed by atoms with van der Waals surface area (Å²) in [5, 5.41) is 5.81. The quantitative estimate of drug-likeness (QED) is 0.722. The van der Waals surface area contributed by atoms with E-state index in [9.17, 15) is 4.79 Å². The van der Waals surface area contributed by atoms with Gasteiger partial charge >= 0.3 is 0 Å². The van der Waals surface area contributed by atoms with Crippen LogP contribution in [0.15, 0.2) is 59.7 Å². The van der Waals surface area contributed by atoms with Crippen LogP contribution in [0.4, 0.5) is 5.69 Å². The van der Waals surface area contributed by atoms with E-state index in [1.54, 1.807) is 0 Å². The molecule has 0 unspecified atom stereocenters. The molecular formula is C21H24ClN3O4. The predicted molar refractivity (Wildman–Crippen MR) is 113 cm³/mol. The number of ether oxygens (including phenoxy) is 3. The summed E-state index contributed by atoms with van der Waals surface area (Å²) in [5.74, 6) is 0.864. The number of benzene rings is 2. The van der Waals surface area contributed by atoms with E-state index in [1.165, 1.54) is 5.01 Å². The third-order valence-electron chi connectivity index (χ3n) is 4.65. The Hall–Kier alpha value is -2.61. The number of morpholine rings is 1. The molecule has 2 aromatic rings. The standard InChI is InChI=1S/C21H23N3O4.ClH/c25-20-16-28-21(22-24(20)17-6-2-1-3-7-17)18-8-4-5-9-19(18)27-15-12-23-10-13-26-14-11-23;/h1-9H,10-16H2;1H. The van der Waals surface area contributed by atoms with Crippen LogP contribution in [0.1, 0.15) is 5.56 Å². The van der Waals surface area contributed by atoms with Gasteiger partial charge in [-0.2, -0.15) is 5.01 Å². The fourth-order valence-electron chi connectivity index (χ4n) is 3.15. The fraction of sp³-hybridized carbons (Fsp3) is 0.333. The molecule has 1 amide bonds. The zero-order chi connectivity index (χ0) is 19.2. The van der Waals surface area contributed by atoms with Crippen LogP contribution in [0.2, 0.25) is 0 Å². The molecule has 0 spiro atoms. The van der Waals surface area contributed by atoms with Crippen LogP contribution in [-0.4, -0.2) is 62.8 Å². The van der Waals surface area contributed by atoms with Gasteiger partial charge in [0.2, 0.25) is 5.90 Å². The van der Waals surface area contributed by atoms with E-state index in [4.69, 9.17) is 14.2 Å². The van der Waals surface area contributed by atoms with Crippen molar-refractivity contribution in [2.45, 2.75) is 0 Å². The molecule has 0 radical (unpaired) electrons. The van der Waals surface area contributed by atoms with E-state index in [0.717, 1.165) is 38.4 Å². The summed E-state index contributed by atoms with van der Waals surface area (Å²) in [6.45, 7) is 4.72. The van der Waals surface area contributed by atoms with Gasteiger partial charge in [0.1, 0.15) is 12.4 Å². The second-order valence-electron chi connectivity index (χ2n) is 6.53. The molecule has 29 heavy (non-hydrogen) atoms. The molecule has 1 saturated heterocycles. The summed E-state index contributed by atoms with van der Waals surface area (Å²) in [6.07, 6.45) is 0. The Kier molecular flexibility index (Phi) is 7.46. The number of nitrogens with zero attached hydrogens (tertiary/aromatic N) is 3. The zero-order valence-corrected chi connectivity index (χ0v) is 16.8. The second kappa shape index (κ2) is 10.2. The van der Waals surface area contributed by atoms with Crippen molar-refractivity contribution < 1.29 is 19.0 Å². The topological polar surface area (TPSA) is 63.6 Å². The number of hydrogen-bond acceptors (Lipinski definition) is 6. The Labute approximate surface area is 176 Å². The molecule has 0 aromatic heterocycles.